The van der Waals surface area contributed by atoms with Crippen molar-refractivity contribution in [2.24, 2.45) is 5.73 Å². The number of carbonyl (C=O) groups is 2. The molecular formula is C24H42B2N3O9PS2. The van der Waals surface area contributed by atoms with E-state index in [9.17, 15) is 19.0 Å². The summed E-state index contributed by atoms with van der Waals surface area (Å²) in [6.45, 7) is 6.30. The summed E-state index contributed by atoms with van der Waals surface area (Å²) in [5.41, 5.74) is 6.24. The van der Waals surface area contributed by atoms with Gasteiger partial charge < -0.3 is 45.3 Å². The Kier molecular flexibility index (Phi) is 15.2. The molecule has 2 amide bonds. The van der Waals surface area contributed by atoms with Gasteiger partial charge in [-0.25, -0.2) is 0 Å². The fourth-order valence-corrected chi connectivity index (χ4v) is 6.56. The maximum Gasteiger partial charge on any atom is 0.488 e. The molecule has 1 fully saturated rings. The molecule has 0 spiro atoms. The van der Waals surface area contributed by atoms with Crippen molar-refractivity contribution in [2.45, 2.75) is 75.2 Å². The van der Waals surface area contributed by atoms with Crippen LogP contribution in [-0.2, 0) is 23.4 Å². The lowest BCUT2D eigenvalue weighted by atomic mass is 9.80. The van der Waals surface area contributed by atoms with E-state index in [2.05, 4.69) is 10.6 Å². The van der Waals surface area contributed by atoms with Gasteiger partial charge in [-0.2, -0.15) is 0 Å². The fraction of sp³-hybridized carbons (Fsp3) is 0.667. The second kappa shape index (κ2) is 17.3. The molecular weight excluding hydrogens is 591 g/mol. The Hall–Kier alpha value is -1.06. The molecule has 0 aromatic heterocycles. The molecule has 7 N–H and O–H groups in total. The highest BCUT2D eigenvalue weighted by atomic mass is 33.1. The van der Waals surface area contributed by atoms with Crippen LogP contribution in [0.3, 0.4) is 0 Å². The Morgan fingerprint density at radius 1 is 1.27 bits per heavy atom. The van der Waals surface area contributed by atoms with Crippen molar-refractivity contribution in [3.05, 3.63) is 29.8 Å². The van der Waals surface area contributed by atoms with Crippen molar-refractivity contribution >= 4 is 61.4 Å². The van der Waals surface area contributed by atoms with Gasteiger partial charge in [-0.05, 0) is 57.6 Å². The molecule has 0 bridgehead atoms. The number of amides is 2. The molecule has 3 unspecified atom stereocenters. The number of unbranched alkanes of at least 4 members (excludes halogenated alkanes) is 1. The standard InChI is InChI=1S/C24H42B2N3O9PS2/c1-16(27)39(34,35)37-13-20-19(12-21(25)38-20)36-15-40-41-24(2,3)14-29-22(30)6-4-5-11-28-23(31)17-7-9-18(10-8-17)26(32)33/h7-10,16,19-21,32-33H,4-6,11-15,25,27H2,1-3H3,(H,28,31)(H,29,30)(H,34,35)/t16?,19-,20?,21-/m1/s1. The Morgan fingerprint density at radius 2 is 1.95 bits per heavy atom. The number of ether oxygens (including phenoxy) is 2. The van der Waals surface area contributed by atoms with E-state index in [0.29, 0.717) is 55.7 Å². The largest absolute Gasteiger partial charge is 0.488 e. The van der Waals surface area contributed by atoms with E-state index in [4.69, 9.17) is 29.8 Å². The molecule has 0 radical (unpaired) electrons. The summed E-state index contributed by atoms with van der Waals surface area (Å²) in [5, 5.41) is 24.0. The zero-order chi connectivity index (χ0) is 30.6. The van der Waals surface area contributed by atoms with Gasteiger partial charge in [0, 0.05) is 35.8 Å². The van der Waals surface area contributed by atoms with Crippen molar-refractivity contribution in [2.75, 3.05) is 25.6 Å². The highest BCUT2D eigenvalue weighted by Gasteiger charge is 2.36. The highest BCUT2D eigenvalue weighted by molar-refractivity contribution is 8.77. The Balaban J connectivity index is 1.58. The highest BCUT2D eigenvalue weighted by Crippen LogP contribution is 2.45. The van der Waals surface area contributed by atoms with E-state index < -0.39 is 26.6 Å². The number of hydrogen-bond acceptors (Lipinski definition) is 11. The molecule has 1 aromatic carbocycles. The molecule has 17 heteroatoms. The van der Waals surface area contributed by atoms with Crippen molar-refractivity contribution in [3.8, 4) is 0 Å². The second-order valence-electron chi connectivity index (χ2n) is 10.6. The van der Waals surface area contributed by atoms with Gasteiger partial charge in [0.05, 0.1) is 12.7 Å². The molecule has 1 saturated heterocycles. The van der Waals surface area contributed by atoms with E-state index >= 15 is 0 Å². The quantitative estimate of drug-likeness (QED) is 0.0423. The predicted octanol–water partition coefficient (Wildman–Crippen LogP) is 0.140. The van der Waals surface area contributed by atoms with Crippen molar-refractivity contribution in [3.63, 3.8) is 0 Å². The molecule has 0 saturated carbocycles. The van der Waals surface area contributed by atoms with E-state index in [1.807, 2.05) is 21.7 Å². The molecule has 1 aliphatic heterocycles. The Morgan fingerprint density at radius 3 is 2.59 bits per heavy atom. The van der Waals surface area contributed by atoms with Crippen LogP contribution >= 0.6 is 29.2 Å². The van der Waals surface area contributed by atoms with Gasteiger partial charge in [-0.15, -0.1) is 0 Å². The third-order valence-corrected chi connectivity index (χ3v) is 10.7. The molecule has 230 valence electrons. The SMILES string of the molecule is B[C@H]1C[C@@H](OCSSC(C)(C)CNC(=O)CCCCNC(=O)c2ccc(B(O)O)cc2)C(COP(=O)(O)C(C)N)O1. The Labute approximate surface area is 251 Å². The summed E-state index contributed by atoms with van der Waals surface area (Å²) < 4.78 is 28.6. The number of hydrogen-bond donors (Lipinski definition) is 6. The maximum atomic E-state index is 12.3. The van der Waals surface area contributed by atoms with Crippen LogP contribution in [0.1, 0.15) is 56.8 Å². The monoisotopic (exact) mass is 633 g/mol. The first-order chi connectivity index (χ1) is 19.2. The summed E-state index contributed by atoms with van der Waals surface area (Å²) in [4.78, 5) is 34.3. The maximum absolute atomic E-state index is 12.3. The number of rotatable bonds is 18. The predicted molar refractivity (Wildman–Crippen MR) is 166 cm³/mol. The summed E-state index contributed by atoms with van der Waals surface area (Å²) in [5.74, 6) is -0.923. The summed E-state index contributed by atoms with van der Waals surface area (Å²) in [6.07, 6.45) is 1.56. The molecule has 1 heterocycles. The van der Waals surface area contributed by atoms with Crippen LogP contribution in [0.15, 0.2) is 24.3 Å². The Bertz CT molecular complexity index is 1020. The van der Waals surface area contributed by atoms with Gasteiger partial charge in [0.2, 0.25) is 5.91 Å². The molecule has 1 aliphatic rings. The van der Waals surface area contributed by atoms with E-state index in [1.54, 1.807) is 10.8 Å². The van der Waals surface area contributed by atoms with E-state index in [0.717, 1.165) is 0 Å². The number of carbonyl (C=O) groups excluding carboxylic acids is 2. The number of benzene rings is 1. The number of nitrogens with two attached hydrogens (primary N) is 1. The van der Waals surface area contributed by atoms with Gasteiger partial charge in [0.25, 0.3) is 5.91 Å². The third-order valence-electron chi connectivity index (χ3n) is 6.24. The molecule has 12 nitrogen and oxygen atoms in total. The third kappa shape index (κ3) is 13.4. The van der Waals surface area contributed by atoms with Crippen LogP contribution < -0.4 is 21.8 Å². The van der Waals surface area contributed by atoms with Crippen LogP contribution in [0.5, 0.6) is 0 Å². The average Bonchev–Trinajstić information content (AvgIpc) is 3.27. The first kappa shape index (κ1) is 36.1. The molecule has 5 atom stereocenters. The first-order valence-corrected chi connectivity index (χ1v) is 17.5. The van der Waals surface area contributed by atoms with Gasteiger partial charge in [-0.1, -0.05) is 33.7 Å². The summed E-state index contributed by atoms with van der Waals surface area (Å²) in [6, 6.07) is 5.96. The second-order valence-corrected chi connectivity index (χ2v) is 15.7. The average molecular weight is 633 g/mol. The normalized spacial score (nSPS) is 21.2. The smallest absolute Gasteiger partial charge is 0.423 e. The van der Waals surface area contributed by atoms with Crippen molar-refractivity contribution < 1.29 is 43.1 Å². The van der Waals surface area contributed by atoms with Gasteiger partial charge >= 0.3 is 14.7 Å². The molecule has 41 heavy (non-hydrogen) atoms. The lowest BCUT2D eigenvalue weighted by Crippen LogP contribution is -2.36. The van der Waals surface area contributed by atoms with Gasteiger partial charge in [-0.3, -0.25) is 14.2 Å². The minimum atomic E-state index is -3.89. The van der Waals surface area contributed by atoms with Crippen molar-refractivity contribution in [1.29, 1.82) is 0 Å². The van der Waals surface area contributed by atoms with Crippen LogP contribution in [0, 0.1) is 0 Å². The van der Waals surface area contributed by atoms with Gasteiger partial charge in [0.1, 0.15) is 25.7 Å². The van der Waals surface area contributed by atoms with E-state index in [-0.39, 0.29) is 35.3 Å². The minimum absolute atomic E-state index is 0.0526. The minimum Gasteiger partial charge on any atom is -0.423 e. The van der Waals surface area contributed by atoms with E-state index in [1.165, 1.54) is 42.0 Å². The topological polar surface area (TPSA) is 190 Å². The lowest BCUT2D eigenvalue weighted by molar-refractivity contribution is -0.121. The van der Waals surface area contributed by atoms with Crippen LogP contribution in [-0.4, -0.2) is 96.1 Å². The van der Waals surface area contributed by atoms with Crippen molar-refractivity contribution in [1.82, 2.24) is 10.6 Å². The summed E-state index contributed by atoms with van der Waals surface area (Å²) in [7, 11) is -0.449. The molecule has 0 aliphatic carbocycles. The van der Waals surface area contributed by atoms with Crippen LogP contribution in [0.25, 0.3) is 0 Å². The zero-order valence-electron chi connectivity index (χ0n) is 24.0. The summed E-state index contributed by atoms with van der Waals surface area (Å²) >= 11 is 0. The molecule has 1 aromatic rings. The lowest BCUT2D eigenvalue weighted by Gasteiger charge is -2.25. The zero-order valence-corrected chi connectivity index (χ0v) is 26.5. The fourth-order valence-electron chi connectivity index (χ4n) is 3.79. The van der Waals surface area contributed by atoms with Gasteiger partial charge in [0.15, 0.2) is 0 Å². The first-order valence-electron chi connectivity index (χ1n) is 13.5. The van der Waals surface area contributed by atoms with Crippen LogP contribution in [0.4, 0.5) is 0 Å². The van der Waals surface area contributed by atoms with Crippen LogP contribution in [0.2, 0.25) is 0 Å². The molecule has 2 rings (SSSR count). The number of nitrogens with one attached hydrogen (secondary N) is 2.